The molecule has 2 rings (SSSR count). The van der Waals surface area contributed by atoms with Crippen LogP contribution in [0.4, 0.5) is 13.2 Å². The van der Waals surface area contributed by atoms with E-state index >= 15 is 0 Å². The lowest BCUT2D eigenvalue weighted by Crippen LogP contribution is -2.42. The predicted octanol–water partition coefficient (Wildman–Crippen LogP) is 2.66. The number of benzene rings is 1. The average Bonchev–Trinajstić information content (AvgIpc) is 3.08. The van der Waals surface area contributed by atoms with E-state index in [1.165, 1.54) is 0 Å². The van der Waals surface area contributed by atoms with Crippen molar-refractivity contribution in [3.05, 3.63) is 41.6 Å². The van der Waals surface area contributed by atoms with E-state index in [0.717, 1.165) is 0 Å². The minimum Gasteiger partial charge on any atom is -0.390 e. The molecule has 0 bridgehead atoms. The third-order valence-electron chi connectivity index (χ3n) is 3.74. The van der Waals surface area contributed by atoms with Crippen molar-refractivity contribution >= 4 is 5.91 Å². The number of carbonyl (C=O) groups is 1. The van der Waals surface area contributed by atoms with E-state index in [4.69, 9.17) is 9.63 Å². The van der Waals surface area contributed by atoms with Crippen LogP contribution >= 0.6 is 0 Å². The summed E-state index contributed by atoms with van der Waals surface area (Å²) in [5.74, 6) is -1.51. The van der Waals surface area contributed by atoms with Crippen LogP contribution in [0.1, 0.15) is 24.1 Å². The van der Waals surface area contributed by atoms with Crippen molar-refractivity contribution in [1.82, 2.24) is 10.5 Å². The van der Waals surface area contributed by atoms with Gasteiger partial charge in [-0.25, -0.2) is 4.39 Å². The summed E-state index contributed by atoms with van der Waals surface area (Å²) in [6.07, 6.45) is -3.18. The molecule has 0 unspecified atom stereocenters. The van der Waals surface area contributed by atoms with Crippen LogP contribution in [0.25, 0.3) is 11.3 Å². The van der Waals surface area contributed by atoms with E-state index in [1.54, 1.807) is 37.3 Å². The first-order valence-corrected chi connectivity index (χ1v) is 7.27. The highest BCUT2D eigenvalue weighted by Gasteiger charge is 2.25. The van der Waals surface area contributed by atoms with Crippen molar-refractivity contribution in [3.8, 4) is 11.3 Å². The van der Waals surface area contributed by atoms with Gasteiger partial charge in [-0.05, 0) is 5.56 Å². The lowest BCUT2D eigenvalue weighted by Gasteiger charge is -2.23. The zero-order valence-electron chi connectivity index (χ0n) is 12.9. The molecule has 2 N–H and O–H groups in total. The van der Waals surface area contributed by atoms with Gasteiger partial charge in [-0.3, -0.25) is 4.79 Å². The number of carbonyl (C=O) groups excluding carboxylic acids is 1. The van der Waals surface area contributed by atoms with E-state index in [2.05, 4.69) is 5.16 Å². The van der Waals surface area contributed by atoms with Crippen LogP contribution in [0, 0.1) is 0 Å². The molecular formula is C16H17F3N2O3. The molecule has 0 saturated carbocycles. The molecule has 1 amide bonds. The molecule has 0 aliphatic rings. The summed E-state index contributed by atoms with van der Waals surface area (Å²) in [4.78, 5) is 11.1. The largest absolute Gasteiger partial charge is 0.390 e. The van der Waals surface area contributed by atoms with Gasteiger partial charge in [-0.15, -0.1) is 0 Å². The Labute approximate surface area is 136 Å². The number of nitrogens with zero attached hydrogens (tertiary/aromatic N) is 1. The second-order valence-electron chi connectivity index (χ2n) is 5.32. The molecule has 0 aliphatic carbocycles. The molecular weight excluding hydrogens is 325 g/mol. The molecule has 1 heterocycles. The number of amides is 1. The summed E-state index contributed by atoms with van der Waals surface area (Å²) in [5.41, 5.74) is 1.78. The van der Waals surface area contributed by atoms with E-state index in [-0.39, 0.29) is 6.61 Å². The van der Waals surface area contributed by atoms with Gasteiger partial charge in [0.25, 0.3) is 5.91 Å². The van der Waals surface area contributed by atoms with E-state index in [1.807, 2.05) is 5.32 Å². The van der Waals surface area contributed by atoms with E-state index in [9.17, 15) is 18.0 Å². The third-order valence-corrected chi connectivity index (χ3v) is 3.74. The summed E-state index contributed by atoms with van der Waals surface area (Å²) in [7, 11) is 0. The number of hydrogen-bond donors (Lipinski definition) is 2. The van der Waals surface area contributed by atoms with Gasteiger partial charge in [0.15, 0.2) is 5.76 Å². The molecule has 1 aromatic carbocycles. The second-order valence-corrected chi connectivity index (χ2v) is 5.32. The van der Waals surface area contributed by atoms with Crippen LogP contribution < -0.4 is 5.32 Å². The van der Waals surface area contributed by atoms with Gasteiger partial charge in [-0.1, -0.05) is 36.3 Å². The zero-order chi connectivity index (χ0) is 17.7. The highest BCUT2D eigenvalue weighted by Crippen LogP contribution is 2.25. The molecule has 0 fully saturated rings. The van der Waals surface area contributed by atoms with Crippen LogP contribution in [0.2, 0.25) is 0 Å². The fourth-order valence-electron chi connectivity index (χ4n) is 2.25. The van der Waals surface area contributed by atoms with Gasteiger partial charge in [-0.2, -0.15) is 8.78 Å². The summed E-state index contributed by atoms with van der Waals surface area (Å²) < 4.78 is 42.8. The molecule has 130 valence electrons. The van der Waals surface area contributed by atoms with Gasteiger partial charge in [0.05, 0.1) is 12.6 Å². The maximum absolute atomic E-state index is 13.1. The fraction of sp³-hybridized carbons (Fsp3) is 0.375. The molecule has 0 saturated heterocycles. The first-order chi connectivity index (χ1) is 11.5. The number of rotatable bonds is 7. The van der Waals surface area contributed by atoms with Crippen molar-refractivity contribution in [2.45, 2.75) is 31.9 Å². The second kappa shape index (κ2) is 7.96. The maximum atomic E-state index is 13.1. The fourth-order valence-corrected chi connectivity index (χ4v) is 2.25. The standard InChI is InChI=1S/C16H17F3N2O3/c1-9(13(7-17)20-16(23)15(18)19)10-2-4-11(5-3-10)14-6-12(8-22)21-24-14/h2-6,9,13,15,22H,7-8H2,1H3,(H,20,23)/t9-,13-/m1/s1. The van der Waals surface area contributed by atoms with Crippen molar-refractivity contribution in [2.75, 3.05) is 6.67 Å². The number of aliphatic hydroxyl groups is 1. The van der Waals surface area contributed by atoms with Crippen molar-refractivity contribution in [1.29, 1.82) is 0 Å². The molecule has 24 heavy (non-hydrogen) atoms. The van der Waals surface area contributed by atoms with Gasteiger partial charge in [0.2, 0.25) is 0 Å². The Morgan fingerprint density at radius 2 is 2.00 bits per heavy atom. The van der Waals surface area contributed by atoms with Crippen LogP contribution in [0.15, 0.2) is 34.9 Å². The van der Waals surface area contributed by atoms with Crippen LogP contribution in [-0.2, 0) is 11.4 Å². The predicted molar refractivity (Wildman–Crippen MR) is 80.2 cm³/mol. The lowest BCUT2D eigenvalue weighted by atomic mass is 9.93. The Bertz CT molecular complexity index is 673. The molecule has 2 aromatic rings. The number of hydrogen-bond acceptors (Lipinski definition) is 4. The van der Waals surface area contributed by atoms with Gasteiger partial charge in [0.1, 0.15) is 12.4 Å². The number of aliphatic hydroxyl groups excluding tert-OH is 1. The molecule has 8 heteroatoms. The first-order valence-electron chi connectivity index (χ1n) is 7.27. The normalized spacial score (nSPS) is 13.8. The highest BCUT2D eigenvalue weighted by atomic mass is 19.3. The van der Waals surface area contributed by atoms with Crippen LogP contribution in [0.3, 0.4) is 0 Å². The molecule has 2 atom stereocenters. The van der Waals surface area contributed by atoms with Crippen molar-refractivity contribution in [3.63, 3.8) is 0 Å². The number of aromatic nitrogens is 1. The van der Waals surface area contributed by atoms with Gasteiger partial charge >= 0.3 is 6.43 Å². The van der Waals surface area contributed by atoms with E-state index < -0.39 is 31.0 Å². The molecule has 0 aliphatic heterocycles. The van der Waals surface area contributed by atoms with Crippen LogP contribution in [0.5, 0.6) is 0 Å². The average molecular weight is 342 g/mol. The van der Waals surface area contributed by atoms with Gasteiger partial charge in [0, 0.05) is 17.5 Å². The smallest absolute Gasteiger partial charge is 0.315 e. The lowest BCUT2D eigenvalue weighted by molar-refractivity contribution is -0.132. The first kappa shape index (κ1) is 18.0. The zero-order valence-corrected chi connectivity index (χ0v) is 12.9. The summed E-state index contributed by atoms with van der Waals surface area (Å²) in [6.45, 7) is 0.452. The molecule has 1 aromatic heterocycles. The summed E-state index contributed by atoms with van der Waals surface area (Å²) >= 11 is 0. The Kier molecular flexibility index (Phi) is 5.97. The third kappa shape index (κ3) is 4.14. The Hall–Kier alpha value is -2.35. The van der Waals surface area contributed by atoms with Crippen molar-refractivity contribution in [2.24, 2.45) is 0 Å². The topological polar surface area (TPSA) is 75.4 Å². The highest BCUT2D eigenvalue weighted by molar-refractivity contribution is 5.79. The minimum absolute atomic E-state index is 0.235. The number of halogens is 3. The number of alkyl halides is 3. The molecule has 0 spiro atoms. The Balaban J connectivity index is 2.12. The summed E-state index contributed by atoms with van der Waals surface area (Å²) in [5, 5.41) is 14.6. The van der Waals surface area contributed by atoms with E-state index in [0.29, 0.717) is 22.6 Å². The molecule has 5 nitrogen and oxygen atoms in total. The van der Waals surface area contributed by atoms with Gasteiger partial charge < -0.3 is 14.9 Å². The number of nitrogens with one attached hydrogen (secondary N) is 1. The summed E-state index contributed by atoms with van der Waals surface area (Å²) in [6, 6.07) is 7.35. The Morgan fingerprint density at radius 3 is 2.50 bits per heavy atom. The molecule has 0 radical (unpaired) electrons. The van der Waals surface area contributed by atoms with Crippen molar-refractivity contribution < 1.29 is 27.6 Å². The van der Waals surface area contributed by atoms with Crippen LogP contribution in [-0.4, -0.2) is 35.3 Å². The minimum atomic E-state index is -3.18. The Morgan fingerprint density at radius 1 is 1.33 bits per heavy atom. The quantitative estimate of drug-likeness (QED) is 0.811. The maximum Gasteiger partial charge on any atom is 0.315 e. The monoisotopic (exact) mass is 342 g/mol. The SMILES string of the molecule is C[C@H](c1ccc(-c2cc(CO)no2)cc1)[C@@H](CF)NC(=O)C(F)F.